The number of hydrogen-bond donors (Lipinski definition) is 1. The summed E-state index contributed by atoms with van der Waals surface area (Å²) in [6.45, 7) is 9.86. The predicted molar refractivity (Wildman–Crippen MR) is 74.8 cm³/mol. The van der Waals surface area contributed by atoms with Gasteiger partial charge in [-0.25, -0.2) is 0 Å². The summed E-state index contributed by atoms with van der Waals surface area (Å²) in [7, 11) is 0. The monoisotopic (exact) mass is 283 g/mol. The van der Waals surface area contributed by atoms with Crippen molar-refractivity contribution in [1.29, 1.82) is 0 Å². The Hall–Kier alpha value is -0.340. The predicted octanol–water partition coefficient (Wildman–Crippen LogP) is 4.45. The van der Waals surface area contributed by atoms with Crippen LogP contribution in [-0.4, -0.2) is 6.54 Å². The van der Waals surface area contributed by atoms with Gasteiger partial charge in [0.15, 0.2) is 0 Å². The van der Waals surface area contributed by atoms with Crippen molar-refractivity contribution in [1.82, 2.24) is 5.32 Å². The Bertz CT molecular complexity index is 334. The molecule has 0 heterocycles. The Morgan fingerprint density at radius 3 is 2.56 bits per heavy atom. The molecule has 0 aromatic heterocycles. The van der Waals surface area contributed by atoms with E-state index in [-0.39, 0.29) is 0 Å². The molecule has 0 aliphatic heterocycles. The molecule has 2 heteroatoms. The minimum absolute atomic E-state index is 0.458. The fraction of sp³-hybridized carbons (Fsp3) is 0.571. The summed E-state index contributed by atoms with van der Waals surface area (Å²) in [5, 5.41) is 3.57. The van der Waals surface area contributed by atoms with Gasteiger partial charge in [-0.05, 0) is 36.9 Å². The van der Waals surface area contributed by atoms with E-state index in [4.69, 9.17) is 0 Å². The third-order valence-corrected chi connectivity index (χ3v) is 3.84. The zero-order chi connectivity index (χ0) is 12.1. The fourth-order valence-electron chi connectivity index (χ4n) is 1.98. The smallest absolute Gasteiger partial charge is 0.0333 e. The summed E-state index contributed by atoms with van der Waals surface area (Å²) in [6.07, 6.45) is 1.18. The molecule has 1 atom stereocenters. The van der Waals surface area contributed by atoms with E-state index >= 15 is 0 Å². The molecule has 1 nitrogen and oxygen atoms in total. The van der Waals surface area contributed by atoms with Gasteiger partial charge in [-0.15, -0.1) is 0 Å². The molecule has 1 aromatic rings. The van der Waals surface area contributed by atoms with Gasteiger partial charge >= 0.3 is 0 Å². The Morgan fingerprint density at radius 1 is 1.31 bits per heavy atom. The molecule has 1 unspecified atom stereocenters. The highest BCUT2D eigenvalue weighted by Crippen LogP contribution is 2.30. The SMILES string of the molecule is CCNC(CC(C)C)c1cccc(C)c1Br. The highest BCUT2D eigenvalue weighted by Gasteiger charge is 2.15. The van der Waals surface area contributed by atoms with Crippen LogP contribution in [0.4, 0.5) is 0 Å². The maximum atomic E-state index is 3.70. The summed E-state index contributed by atoms with van der Waals surface area (Å²) in [4.78, 5) is 0. The second kappa shape index (κ2) is 6.41. The Balaban J connectivity index is 2.96. The van der Waals surface area contributed by atoms with Crippen LogP contribution in [-0.2, 0) is 0 Å². The lowest BCUT2D eigenvalue weighted by Gasteiger charge is -2.22. The molecular weight excluding hydrogens is 262 g/mol. The first-order valence-corrected chi connectivity index (χ1v) is 6.84. The molecule has 0 radical (unpaired) electrons. The minimum Gasteiger partial charge on any atom is -0.310 e. The second-order valence-electron chi connectivity index (χ2n) is 4.72. The molecular formula is C14H22BrN. The van der Waals surface area contributed by atoms with E-state index < -0.39 is 0 Å². The molecule has 1 rings (SSSR count). The van der Waals surface area contributed by atoms with E-state index in [2.05, 4.69) is 67.1 Å². The van der Waals surface area contributed by atoms with Crippen LogP contribution in [0.3, 0.4) is 0 Å². The number of aryl methyl sites for hydroxylation is 1. The van der Waals surface area contributed by atoms with E-state index in [0.29, 0.717) is 12.0 Å². The van der Waals surface area contributed by atoms with Gasteiger partial charge in [0, 0.05) is 10.5 Å². The topological polar surface area (TPSA) is 12.0 Å². The highest BCUT2D eigenvalue weighted by molar-refractivity contribution is 9.10. The summed E-state index contributed by atoms with van der Waals surface area (Å²) in [5.41, 5.74) is 2.69. The van der Waals surface area contributed by atoms with Crippen LogP contribution < -0.4 is 5.32 Å². The summed E-state index contributed by atoms with van der Waals surface area (Å²) in [5.74, 6) is 0.705. The average Bonchev–Trinajstić information content (AvgIpc) is 2.21. The molecule has 0 bridgehead atoms. The van der Waals surface area contributed by atoms with E-state index in [1.165, 1.54) is 22.0 Å². The molecule has 16 heavy (non-hydrogen) atoms. The molecule has 0 spiro atoms. The van der Waals surface area contributed by atoms with Crippen LogP contribution in [0, 0.1) is 12.8 Å². The molecule has 0 aliphatic rings. The quantitative estimate of drug-likeness (QED) is 0.842. The third-order valence-electron chi connectivity index (χ3n) is 2.75. The third kappa shape index (κ3) is 3.60. The zero-order valence-electron chi connectivity index (χ0n) is 10.7. The average molecular weight is 284 g/mol. The number of hydrogen-bond acceptors (Lipinski definition) is 1. The number of nitrogens with one attached hydrogen (secondary N) is 1. The van der Waals surface area contributed by atoms with E-state index in [1.807, 2.05) is 0 Å². The van der Waals surface area contributed by atoms with E-state index in [1.54, 1.807) is 0 Å². The van der Waals surface area contributed by atoms with Gasteiger partial charge < -0.3 is 5.32 Å². The molecule has 1 N–H and O–H groups in total. The summed E-state index contributed by atoms with van der Waals surface area (Å²) >= 11 is 3.70. The van der Waals surface area contributed by atoms with E-state index in [9.17, 15) is 0 Å². The number of benzene rings is 1. The number of halogens is 1. The van der Waals surface area contributed by atoms with Crippen molar-refractivity contribution in [2.45, 2.75) is 40.2 Å². The first-order chi connectivity index (χ1) is 7.56. The lowest BCUT2D eigenvalue weighted by atomic mass is 9.96. The molecule has 0 aliphatic carbocycles. The second-order valence-corrected chi connectivity index (χ2v) is 5.51. The zero-order valence-corrected chi connectivity index (χ0v) is 12.3. The van der Waals surface area contributed by atoms with Gasteiger partial charge in [-0.1, -0.05) is 54.9 Å². The summed E-state index contributed by atoms with van der Waals surface area (Å²) in [6, 6.07) is 6.96. The molecule has 90 valence electrons. The molecule has 1 aromatic carbocycles. The standard InChI is InChI=1S/C14H22BrN/c1-5-16-13(9-10(2)3)12-8-6-7-11(4)14(12)15/h6-8,10,13,16H,5,9H2,1-4H3. The van der Waals surface area contributed by atoms with Crippen molar-refractivity contribution in [2.75, 3.05) is 6.54 Å². The van der Waals surface area contributed by atoms with Gasteiger partial charge in [-0.2, -0.15) is 0 Å². The summed E-state index contributed by atoms with van der Waals surface area (Å²) < 4.78 is 1.25. The van der Waals surface area contributed by atoms with Gasteiger partial charge in [0.25, 0.3) is 0 Å². The number of rotatable bonds is 5. The molecule has 0 saturated heterocycles. The van der Waals surface area contributed by atoms with Gasteiger partial charge in [0.1, 0.15) is 0 Å². The van der Waals surface area contributed by atoms with Gasteiger partial charge in [0.05, 0.1) is 0 Å². The lowest BCUT2D eigenvalue weighted by Crippen LogP contribution is -2.22. The molecule has 0 saturated carbocycles. The van der Waals surface area contributed by atoms with Crippen LogP contribution in [0.5, 0.6) is 0 Å². The van der Waals surface area contributed by atoms with E-state index in [0.717, 1.165) is 6.54 Å². The Morgan fingerprint density at radius 2 is 2.00 bits per heavy atom. The van der Waals surface area contributed by atoms with Crippen LogP contribution in [0.1, 0.15) is 44.4 Å². The van der Waals surface area contributed by atoms with Crippen LogP contribution >= 0.6 is 15.9 Å². The van der Waals surface area contributed by atoms with Crippen molar-refractivity contribution in [3.8, 4) is 0 Å². The first-order valence-electron chi connectivity index (χ1n) is 6.04. The maximum absolute atomic E-state index is 3.70. The van der Waals surface area contributed by atoms with Crippen molar-refractivity contribution < 1.29 is 0 Å². The highest BCUT2D eigenvalue weighted by atomic mass is 79.9. The van der Waals surface area contributed by atoms with Crippen LogP contribution in [0.2, 0.25) is 0 Å². The van der Waals surface area contributed by atoms with Gasteiger partial charge in [0.2, 0.25) is 0 Å². The fourth-order valence-corrected chi connectivity index (χ4v) is 2.52. The maximum Gasteiger partial charge on any atom is 0.0333 e. The van der Waals surface area contributed by atoms with Crippen molar-refractivity contribution in [2.24, 2.45) is 5.92 Å². The van der Waals surface area contributed by atoms with Crippen LogP contribution in [0.15, 0.2) is 22.7 Å². The van der Waals surface area contributed by atoms with Crippen LogP contribution in [0.25, 0.3) is 0 Å². The first kappa shape index (κ1) is 13.7. The van der Waals surface area contributed by atoms with Gasteiger partial charge in [-0.3, -0.25) is 0 Å². The minimum atomic E-state index is 0.458. The Kier molecular flexibility index (Phi) is 5.50. The largest absolute Gasteiger partial charge is 0.310 e. The van der Waals surface area contributed by atoms with Crippen molar-refractivity contribution >= 4 is 15.9 Å². The molecule has 0 amide bonds. The molecule has 0 fully saturated rings. The van der Waals surface area contributed by atoms with Crippen molar-refractivity contribution in [3.05, 3.63) is 33.8 Å². The van der Waals surface area contributed by atoms with Crippen molar-refractivity contribution in [3.63, 3.8) is 0 Å². The normalized spacial score (nSPS) is 13.1. The Labute approximate surface area is 108 Å². The lowest BCUT2D eigenvalue weighted by molar-refractivity contribution is 0.437.